The molecule has 4 nitrogen and oxygen atoms in total. The highest BCUT2D eigenvalue weighted by Crippen LogP contribution is 2.36. The van der Waals surface area contributed by atoms with Crippen molar-refractivity contribution in [2.75, 3.05) is 13.2 Å². The third-order valence-corrected chi connectivity index (χ3v) is 3.29. The molecule has 1 aromatic rings. The number of halogens is 1. The maximum atomic E-state index is 10.5. The van der Waals surface area contributed by atoms with Gasteiger partial charge in [-0.3, -0.25) is 4.79 Å². The van der Waals surface area contributed by atoms with E-state index in [0.717, 1.165) is 21.5 Å². The first kappa shape index (κ1) is 12.2. The van der Waals surface area contributed by atoms with Gasteiger partial charge in [0.15, 0.2) is 11.5 Å². The van der Waals surface area contributed by atoms with Crippen LogP contribution in [0.2, 0.25) is 0 Å². The molecule has 0 atom stereocenters. The third-order valence-electron chi connectivity index (χ3n) is 2.55. The van der Waals surface area contributed by atoms with Crippen LogP contribution in [-0.2, 0) is 11.2 Å². The summed E-state index contributed by atoms with van der Waals surface area (Å²) in [6, 6.07) is 3.80. The number of rotatable bonds is 4. The van der Waals surface area contributed by atoms with Crippen LogP contribution in [0.3, 0.4) is 0 Å². The van der Waals surface area contributed by atoms with Crippen LogP contribution < -0.4 is 9.47 Å². The highest BCUT2D eigenvalue weighted by Gasteiger charge is 2.14. The SMILES string of the molecule is O=C(O)CCCc1cc2c(cc1Br)OCCO2. The first-order valence-corrected chi connectivity index (χ1v) is 6.26. The van der Waals surface area contributed by atoms with Crippen molar-refractivity contribution in [2.24, 2.45) is 0 Å². The van der Waals surface area contributed by atoms with Crippen molar-refractivity contribution >= 4 is 21.9 Å². The van der Waals surface area contributed by atoms with E-state index >= 15 is 0 Å². The van der Waals surface area contributed by atoms with Gasteiger partial charge in [0.05, 0.1) is 0 Å². The van der Waals surface area contributed by atoms with Crippen LogP contribution >= 0.6 is 15.9 Å². The molecule has 2 rings (SSSR count). The Morgan fingerprint density at radius 2 is 1.94 bits per heavy atom. The highest BCUT2D eigenvalue weighted by molar-refractivity contribution is 9.10. The maximum Gasteiger partial charge on any atom is 0.303 e. The van der Waals surface area contributed by atoms with Crippen LogP contribution in [0.1, 0.15) is 18.4 Å². The van der Waals surface area contributed by atoms with E-state index in [2.05, 4.69) is 15.9 Å². The van der Waals surface area contributed by atoms with Gasteiger partial charge in [-0.05, 0) is 30.5 Å². The van der Waals surface area contributed by atoms with Crippen LogP contribution in [0.5, 0.6) is 11.5 Å². The summed E-state index contributed by atoms with van der Waals surface area (Å²) in [6.07, 6.45) is 1.51. The molecule has 1 N–H and O–H groups in total. The van der Waals surface area contributed by atoms with Gasteiger partial charge in [-0.1, -0.05) is 15.9 Å². The lowest BCUT2D eigenvalue weighted by atomic mass is 10.1. The number of hydrogen-bond donors (Lipinski definition) is 1. The minimum atomic E-state index is -0.765. The van der Waals surface area contributed by atoms with Crippen LogP contribution in [0, 0.1) is 0 Å². The van der Waals surface area contributed by atoms with E-state index in [1.807, 2.05) is 12.1 Å². The summed E-state index contributed by atoms with van der Waals surface area (Å²) < 4.78 is 11.9. The monoisotopic (exact) mass is 300 g/mol. The minimum absolute atomic E-state index is 0.181. The summed E-state index contributed by atoms with van der Waals surface area (Å²) in [6.45, 7) is 1.13. The van der Waals surface area contributed by atoms with Crippen molar-refractivity contribution in [3.05, 3.63) is 22.2 Å². The van der Waals surface area contributed by atoms with E-state index in [0.29, 0.717) is 26.1 Å². The van der Waals surface area contributed by atoms with Gasteiger partial charge in [0.25, 0.3) is 0 Å². The van der Waals surface area contributed by atoms with Gasteiger partial charge < -0.3 is 14.6 Å². The van der Waals surface area contributed by atoms with Crippen molar-refractivity contribution in [1.29, 1.82) is 0 Å². The molecule has 1 heterocycles. The molecular formula is C12H13BrO4. The number of ether oxygens (including phenoxy) is 2. The largest absolute Gasteiger partial charge is 0.486 e. The highest BCUT2D eigenvalue weighted by atomic mass is 79.9. The number of carboxylic acid groups (broad SMARTS) is 1. The van der Waals surface area contributed by atoms with Crippen molar-refractivity contribution in [3.8, 4) is 11.5 Å². The number of aliphatic carboxylic acids is 1. The van der Waals surface area contributed by atoms with Gasteiger partial charge >= 0.3 is 5.97 Å². The van der Waals surface area contributed by atoms with E-state index in [1.54, 1.807) is 0 Å². The van der Waals surface area contributed by atoms with Crippen LogP contribution in [0.15, 0.2) is 16.6 Å². The Balaban J connectivity index is 2.09. The van der Waals surface area contributed by atoms with Crippen LogP contribution in [0.4, 0.5) is 0 Å². The summed E-state index contributed by atoms with van der Waals surface area (Å²) in [4.78, 5) is 10.5. The summed E-state index contributed by atoms with van der Waals surface area (Å²) in [5, 5.41) is 8.60. The van der Waals surface area contributed by atoms with E-state index < -0.39 is 5.97 Å². The smallest absolute Gasteiger partial charge is 0.303 e. The van der Waals surface area contributed by atoms with Gasteiger partial charge in [-0.15, -0.1) is 0 Å². The van der Waals surface area contributed by atoms with E-state index in [4.69, 9.17) is 14.6 Å². The molecule has 1 aliphatic rings. The predicted octanol–water partition coefficient (Wildman–Crippen LogP) is 2.63. The third kappa shape index (κ3) is 3.12. The molecular weight excluding hydrogens is 288 g/mol. The van der Waals surface area contributed by atoms with Gasteiger partial charge in [0.1, 0.15) is 13.2 Å². The minimum Gasteiger partial charge on any atom is -0.486 e. The molecule has 0 unspecified atom stereocenters. The van der Waals surface area contributed by atoms with Crippen molar-refractivity contribution < 1.29 is 19.4 Å². The molecule has 0 aromatic heterocycles. The topological polar surface area (TPSA) is 55.8 Å². The first-order chi connectivity index (χ1) is 8.16. The first-order valence-electron chi connectivity index (χ1n) is 5.46. The Labute approximate surface area is 108 Å². The Hall–Kier alpha value is -1.23. The van der Waals surface area contributed by atoms with Gasteiger partial charge in [-0.2, -0.15) is 0 Å². The maximum absolute atomic E-state index is 10.5. The molecule has 0 saturated carbocycles. The Morgan fingerprint density at radius 3 is 2.59 bits per heavy atom. The zero-order valence-electron chi connectivity index (χ0n) is 9.24. The molecule has 0 spiro atoms. The Bertz CT molecular complexity index is 431. The molecule has 1 aromatic carbocycles. The van der Waals surface area contributed by atoms with Gasteiger partial charge in [-0.25, -0.2) is 0 Å². The predicted molar refractivity (Wildman–Crippen MR) is 65.7 cm³/mol. The number of benzene rings is 1. The summed E-state index contributed by atoms with van der Waals surface area (Å²) in [5.74, 6) is 0.716. The zero-order valence-corrected chi connectivity index (χ0v) is 10.8. The Kier molecular flexibility index (Phi) is 3.89. The second kappa shape index (κ2) is 5.40. The van der Waals surface area contributed by atoms with Crippen molar-refractivity contribution in [2.45, 2.75) is 19.3 Å². The van der Waals surface area contributed by atoms with Crippen LogP contribution in [0.25, 0.3) is 0 Å². The number of carboxylic acids is 1. The summed E-state index contributed by atoms with van der Waals surface area (Å²) >= 11 is 3.46. The normalized spacial score (nSPS) is 13.5. The molecule has 1 aliphatic heterocycles. The average Bonchev–Trinajstić information content (AvgIpc) is 2.29. The quantitative estimate of drug-likeness (QED) is 0.929. The number of aryl methyl sites for hydroxylation is 1. The molecule has 0 bridgehead atoms. The zero-order chi connectivity index (χ0) is 12.3. The van der Waals surface area contributed by atoms with Crippen molar-refractivity contribution in [3.63, 3.8) is 0 Å². The van der Waals surface area contributed by atoms with E-state index in [9.17, 15) is 4.79 Å². The molecule has 5 heteroatoms. The number of hydrogen-bond acceptors (Lipinski definition) is 3. The fourth-order valence-electron chi connectivity index (χ4n) is 1.73. The standard InChI is InChI=1S/C12H13BrO4/c13-9-7-11-10(16-4-5-17-11)6-8(9)2-1-3-12(14)15/h6-7H,1-5H2,(H,14,15). The van der Waals surface area contributed by atoms with E-state index in [1.165, 1.54) is 0 Å². The second-order valence-electron chi connectivity index (χ2n) is 3.83. The molecule has 92 valence electrons. The lowest BCUT2D eigenvalue weighted by molar-refractivity contribution is -0.137. The van der Waals surface area contributed by atoms with Gasteiger partial charge in [0, 0.05) is 10.9 Å². The molecule has 0 amide bonds. The van der Waals surface area contributed by atoms with Gasteiger partial charge in [0.2, 0.25) is 0 Å². The van der Waals surface area contributed by atoms with Crippen LogP contribution in [-0.4, -0.2) is 24.3 Å². The summed E-state index contributed by atoms with van der Waals surface area (Å²) in [7, 11) is 0. The molecule has 0 saturated heterocycles. The molecule has 0 radical (unpaired) electrons. The molecule has 0 fully saturated rings. The average molecular weight is 301 g/mol. The fourth-order valence-corrected chi connectivity index (χ4v) is 2.25. The lowest BCUT2D eigenvalue weighted by Gasteiger charge is -2.19. The van der Waals surface area contributed by atoms with Crippen molar-refractivity contribution in [1.82, 2.24) is 0 Å². The van der Waals surface area contributed by atoms with E-state index in [-0.39, 0.29) is 6.42 Å². The molecule has 0 aliphatic carbocycles. The lowest BCUT2D eigenvalue weighted by Crippen LogP contribution is -2.15. The number of carbonyl (C=O) groups is 1. The number of fused-ring (bicyclic) bond motifs is 1. The second-order valence-corrected chi connectivity index (χ2v) is 4.69. The Morgan fingerprint density at radius 1 is 1.29 bits per heavy atom. The summed E-state index contributed by atoms with van der Waals surface area (Å²) in [5.41, 5.74) is 1.05. The fraction of sp³-hybridized carbons (Fsp3) is 0.417. The molecule has 17 heavy (non-hydrogen) atoms.